The van der Waals surface area contributed by atoms with Crippen LogP contribution in [0.15, 0.2) is 194 Å². The maximum Gasteiger partial charge on any atom is 0.101 e. The van der Waals surface area contributed by atoms with Crippen LogP contribution < -0.4 is 0 Å². The van der Waals surface area contributed by atoms with Gasteiger partial charge in [0.1, 0.15) is 6.07 Å². The van der Waals surface area contributed by atoms with Gasteiger partial charge in [-0.25, -0.2) is 4.98 Å². The molecule has 0 bridgehead atoms. The molecular weight excluding hydrogens is 849 g/mol. The van der Waals surface area contributed by atoms with Gasteiger partial charge in [-0.3, -0.25) is 0 Å². The summed E-state index contributed by atoms with van der Waals surface area (Å²) in [5, 5.41) is 16.1. The maximum atomic E-state index is 11.5. The lowest BCUT2D eigenvalue weighted by molar-refractivity contribution is 1.13. The van der Waals surface area contributed by atoms with E-state index in [1.807, 2.05) is 12.1 Å². The van der Waals surface area contributed by atoms with Crippen LogP contribution in [-0.4, -0.2) is 14.1 Å². The number of rotatable bonds is 7. The summed E-state index contributed by atoms with van der Waals surface area (Å²) in [7, 11) is 0. The SMILES string of the molecule is Cc1cc(C)c(-c2ccc3c(c2)c2ccccc2n3-c2cc(-c3cc(-c4ccccc4)nc(-c4ccccc4)c3)c(-n3c4ccccc4c4cc(-c5c(C)cc(C)cc5C)ccc43)cc2C#N)c(C)c1. The fourth-order valence-electron chi connectivity index (χ4n) is 11.5. The van der Waals surface area contributed by atoms with E-state index >= 15 is 0 Å². The molecular formula is C66H50N4. The van der Waals surface area contributed by atoms with E-state index in [9.17, 15) is 5.26 Å². The third-order valence-electron chi connectivity index (χ3n) is 14.3. The number of para-hydroxylation sites is 2. The van der Waals surface area contributed by atoms with Crippen LogP contribution in [0.1, 0.15) is 38.9 Å². The lowest BCUT2D eigenvalue weighted by atomic mass is 9.93. The number of aryl methyl sites for hydroxylation is 6. The van der Waals surface area contributed by atoms with E-state index < -0.39 is 0 Å². The monoisotopic (exact) mass is 898 g/mol. The first-order valence-corrected chi connectivity index (χ1v) is 24.1. The van der Waals surface area contributed by atoms with Gasteiger partial charge in [0, 0.05) is 38.2 Å². The molecule has 0 fully saturated rings. The highest BCUT2D eigenvalue weighted by Gasteiger charge is 2.24. The Hall–Kier alpha value is -8.78. The first-order valence-electron chi connectivity index (χ1n) is 24.1. The summed E-state index contributed by atoms with van der Waals surface area (Å²) in [5.74, 6) is 0. The van der Waals surface area contributed by atoms with Crippen LogP contribution in [0.25, 0.3) is 111 Å². The molecule has 0 atom stereocenters. The van der Waals surface area contributed by atoms with Gasteiger partial charge in [-0.15, -0.1) is 0 Å². The van der Waals surface area contributed by atoms with Crippen molar-refractivity contribution in [3.8, 4) is 73.3 Å². The van der Waals surface area contributed by atoms with Crippen molar-refractivity contribution in [1.82, 2.24) is 14.1 Å². The predicted molar refractivity (Wildman–Crippen MR) is 293 cm³/mol. The molecule has 0 saturated heterocycles. The first-order chi connectivity index (χ1) is 34.1. The van der Waals surface area contributed by atoms with Gasteiger partial charge >= 0.3 is 0 Å². The van der Waals surface area contributed by atoms with Crippen LogP contribution in [0.3, 0.4) is 0 Å². The van der Waals surface area contributed by atoms with Crippen molar-refractivity contribution in [2.75, 3.05) is 0 Å². The second kappa shape index (κ2) is 16.8. The van der Waals surface area contributed by atoms with E-state index in [-0.39, 0.29) is 0 Å². The number of aromatic nitrogens is 3. The molecule has 4 heteroatoms. The van der Waals surface area contributed by atoms with Gasteiger partial charge in [0.05, 0.1) is 50.4 Å². The van der Waals surface area contributed by atoms with Crippen molar-refractivity contribution in [3.63, 3.8) is 0 Å². The molecule has 70 heavy (non-hydrogen) atoms. The summed E-state index contributed by atoms with van der Waals surface area (Å²) in [4.78, 5) is 5.32. The fourth-order valence-corrected chi connectivity index (χ4v) is 11.5. The van der Waals surface area contributed by atoms with Crippen molar-refractivity contribution < 1.29 is 0 Å². The summed E-state index contributed by atoms with van der Waals surface area (Å²) < 4.78 is 4.68. The van der Waals surface area contributed by atoms with E-state index in [1.165, 1.54) is 55.6 Å². The second-order valence-corrected chi connectivity index (χ2v) is 19.1. The van der Waals surface area contributed by atoms with E-state index in [4.69, 9.17) is 4.98 Å². The first kappa shape index (κ1) is 42.6. The molecule has 0 amide bonds. The van der Waals surface area contributed by atoms with Gasteiger partial charge in [-0.05, 0) is 152 Å². The Kier molecular flexibility index (Phi) is 10.2. The van der Waals surface area contributed by atoms with Crippen LogP contribution in [0.2, 0.25) is 0 Å². The Labute approximate surface area is 409 Å². The average molecular weight is 899 g/mol. The highest BCUT2D eigenvalue weighted by molar-refractivity contribution is 6.13. The van der Waals surface area contributed by atoms with Gasteiger partial charge in [-0.2, -0.15) is 5.26 Å². The van der Waals surface area contributed by atoms with Crippen LogP contribution in [-0.2, 0) is 0 Å². The van der Waals surface area contributed by atoms with Crippen LogP contribution >= 0.6 is 0 Å². The lowest BCUT2D eigenvalue weighted by Crippen LogP contribution is -2.04. The molecule has 0 saturated carbocycles. The lowest BCUT2D eigenvalue weighted by Gasteiger charge is -2.20. The van der Waals surface area contributed by atoms with Crippen molar-refractivity contribution >= 4 is 43.6 Å². The highest BCUT2D eigenvalue weighted by Crippen LogP contribution is 2.44. The Morgan fingerprint density at radius 1 is 0.357 bits per heavy atom. The summed E-state index contributed by atoms with van der Waals surface area (Å²) in [6.07, 6.45) is 0. The summed E-state index contributed by atoms with van der Waals surface area (Å²) >= 11 is 0. The molecule has 3 aromatic heterocycles. The molecule has 3 heterocycles. The number of pyridine rings is 1. The zero-order valence-corrected chi connectivity index (χ0v) is 40.3. The molecule has 12 aromatic rings. The Morgan fingerprint density at radius 3 is 1.23 bits per heavy atom. The number of hydrogen-bond donors (Lipinski definition) is 0. The quantitative estimate of drug-likeness (QED) is 0.160. The molecule has 0 radical (unpaired) electrons. The molecule has 0 aliphatic carbocycles. The van der Waals surface area contributed by atoms with Crippen LogP contribution in [0.4, 0.5) is 0 Å². The van der Waals surface area contributed by atoms with Gasteiger partial charge in [0.15, 0.2) is 0 Å². The van der Waals surface area contributed by atoms with Crippen LogP contribution in [0, 0.1) is 52.9 Å². The zero-order valence-electron chi connectivity index (χ0n) is 40.3. The molecule has 334 valence electrons. The number of nitrogens with zero attached hydrogens (tertiary/aromatic N) is 4. The van der Waals surface area contributed by atoms with E-state index in [0.29, 0.717) is 5.56 Å². The average Bonchev–Trinajstić information content (AvgIpc) is 3.88. The molecule has 4 nitrogen and oxygen atoms in total. The molecule has 9 aromatic carbocycles. The number of benzene rings is 9. The van der Waals surface area contributed by atoms with Crippen molar-refractivity contribution in [2.24, 2.45) is 0 Å². The fraction of sp³-hybridized carbons (Fsp3) is 0.0909. The largest absolute Gasteiger partial charge is 0.309 e. The summed E-state index contributed by atoms with van der Waals surface area (Å²) in [5.41, 5.74) is 24.8. The van der Waals surface area contributed by atoms with Crippen molar-refractivity contribution in [3.05, 3.63) is 233 Å². The number of nitriles is 1. The highest BCUT2D eigenvalue weighted by atomic mass is 15.0. The van der Waals surface area contributed by atoms with Gasteiger partial charge in [0.25, 0.3) is 0 Å². The molecule has 0 unspecified atom stereocenters. The maximum absolute atomic E-state index is 11.5. The van der Waals surface area contributed by atoms with E-state index in [1.54, 1.807) is 0 Å². The van der Waals surface area contributed by atoms with Gasteiger partial charge in [0.2, 0.25) is 0 Å². The third kappa shape index (κ3) is 7.01. The number of hydrogen-bond acceptors (Lipinski definition) is 2. The molecule has 0 aliphatic heterocycles. The topological polar surface area (TPSA) is 46.5 Å². The minimum Gasteiger partial charge on any atom is -0.309 e. The summed E-state index contributed by atoms with van der Waals surface area (Å²) in [6, 6.07) is 72.5. The number of fused-ring (bicyclic) bond motifs is 6. The van der Waals surface area contributed by atoms with Gasteiger partial charge < -0.3 is 9.13 Å². The Morgan fingerprint density at radius 2 is 0.771 bits per heavy atom. The smallest absolute Gasteiger partial charge is 0.101 e. The third-order valence-corrected chi connectivity index (χ3v) is 14.3. The molecule has 0 spiro atoms. The van der Waals surface area contributed by atoms with Crippen LogP contribution in [0.5, 0.6) is 0 Å². The standard InChI is InChI=1S/C66H50N4/c1-40-29-42(3)65(43(4)30-40)48-25-27-61-55(33-48)52-21-13-15-23-59(52)69(61)63-38-54(50-35-57(46-17-9-7-10-18-46)68-58(36-50)47-19-11-8-12-20-47)64(37-51(63)39-67)70-60-24-16-14-22-53(60)56-34-49(26-28-62(56)70)66-44(5)31-41(2)32-45(66)6/h7-38H,1-6H3. The molecule has 12 rings (SSSR count). The second-order valence-electron chi connectivity index (χ2n) is 19.1. The summed E-state index contributed by atoms with van der Waals surface area (Å²) in [6.45, 7) is 13.2. The minimum atomic E-state index is 0.574. The Bertz CT molecular complexity index is 4020. The predicted octanol–water partition coefficient (Wildman–Crippen LogP) is 17.3. The van der Waals surface area contributed by atoms with Crippen molar-refractivity contribution in [1.29, 1.82) is 5.26 Å². The molecule has 0 aliphatic rings. The normalized spacial score (nSPS) is 11.6. The minimum absolute atomic E-state index is 0.574. The molecule has 0 N–H and O–H groups in total. The zero-order chi connectivity index (χ0) is 47.8. The van der Waals surface area contributed by atoms with Gasteiger partial charge in [-0.1, -0.05) is 145 Å². The van der Waals surface area contributed by atoms with Crippen molar-refractivity contribution in [2.45, 2.75) is 41.5 Å². The Balaban J connectivity index is 1.18. The van der Waals surface area contributed by atoms with E-state index in [2.05, 4.69) is 239 Å². The van der Waals surface area contributed by atoms with E-state index in [0.717, 1.165) is 88.6 Å².